The van der Waals surface area contributed by atoms with Crippen LogP contribution in [0.4, 0.5) is 0 Å². The maximum atomic E-state index is 5.65. The summed E-state index contributed by atoms with van der Waals surface area (Å²) in [6.45, 7) is 75.4. The fourth-order valence-electron chi connectivity index (χ4n) is 13.0. The number of rotatable bonds is 9. The molecular weight excluding hydrogens is 1150 g/mol. The first-order valence-electron chi connectivity index (χ1n) is 37.8. The predicted octanol–water partition coefficient (Wildman–Crippen LogP) is 22.0. The molecule has 9 fully saturated rings. The van der Waals surface area contributed by atoms with Crippen LogP contribution in [0.5, 0.6) is 0 Å². The Morgan fingerprint density at radius 3 is 0.793 bits per heavy atom. The van der Waals surface area contributed by atoms with Crippen LogP contribution in [-0.2, 0) is 52.1 Å². The molecule has 0 amide bonds. The summed E-state index contributed by atoms with van der Waals surface area (Å²) in [5, 5.41) is 0. The summed E-state index contributed by atoms with van der Waals surface area (Å²) in [7, 11) is 0. The molecule has 5 unspecified atom stereocenters. The first kappa shape index (κ1) is 89.6. The van der Waals surface area contributed by atoms with Crippen LogP contribution in [0, 0.1) is 72.4 Å². The lowest BCUT2D eigenvalue weighted by atomic mass is 9.81. The Kier molecular flexibility index (Phi) is 43.5. The fraction of sp³-hybridized carbons (Fsp3) is 1.00. The molecule has 9 heterocycles. The van der Waals surface area contributed by atoms with Gasteiger partial charge in [0.2, 0.25) is 0 Å². The third-order valence-corrected chi connectivity index (χ3v) is 16.7. The van der Waals surface area contributed by atoms with Gasteiger partial charge in [0, 0.05) is 78.2 Å². The highest BCUT2D eigenvalue weighted by Gasteiger charge is 2.29. The smallest absolute Gasteiger partial charge is 0.158 e. The van der Waals surface area contributed by atoms with E-state index in [0.717, 1.165) is 142 Å². The second-order valence-electron chi connectivity index (χ2n) is 39.8. The molecule has 0 bridgehead atoms. The van der Waals surface area contributed by atoms with Gasteiger partial charge in [0.1, 0.15) is 0 Å². The summed E-state index contributed by atoms with van der Waals surface area (Å²) in [4.78, 5) is 0. The van der Waals surface area contributed by atoms with Gasteiger partial charge in [-0.05, 0) is 188 Å². The van der Waals surface area contributed by atoms with E-state index >= 15 is 0 Å². The molecule has 0 spiro atoms. The van der Waals surface area contributed by atoms with Gasteiger partial charge in [-0.15, -0.1) is 0 Å². The van der Waals surface area contributed by atoms with Crippen molar-refractivity contribution in [2.75, 3.05) is 99.1 Å². The summed E-state index contributed by atoms with van der Waals surface area (Å²) in [5.41, 5.74) is 3.90. The minimum absolute atomic E-state index is 0.0451. The van der Waals surface area contributed by atoms with Crippen LogP contribution in [-0.4, -0.2) is 130 Å². The summed E-state index contributed by atoms with van der Waals surface area (Å²) in [6.07, 6.45) is 27.9. The molecule has 9 aliphatic heterocycles. The molecule has 0 aromatic carbocycles. The predicted molar refractivity (Wildman–Crippen MR) is 390 cm³/mol. The lowest BCUT2D eigenvalue weighted by molar-refractivity contribution is -0.191. The second kappa shape index (κ2) is 44.6. The maximum Gasteiger partial charge on any atom is 0.158 e. The van der Waals surface area contributed by atoms with Crippen molar-refractivity contribution < 1.29 is 52.1 Å². The highest BCUT2D eigenvalue weighted by Crippen LogP contribution is 2.34. The summed E-state index contributed by atoms with van der Waals surface area (Å²) < 4.78 is 59.1. The van der Waals surface area contributed by atoms with Gasteiger partial charge in [0.25, 0.3) is 0 Å². The summed E-state index contributed by atoms with van der Waals surface area (Å²) >= 11 is 0. The van der Waals surface area contributed by atoms with E-state index in [2.05, 4.69) is 187 Å². The van der Waals surface area contributed by atoms with Crippen molar-refractivity contribution in [1.82, 2.24) is 0 Å². The Hall–Kier alpha value is -0.440. The molecule has 9 aliphatic rings. The molecule has 11 heteroatoms. The SMILES string of the molecule is CC(C)(C)CC1CCCCO1.CC(C)(C)CC1CCCO1.CC(C)(C)CC1CCCOC1.CC(C)(C)CC1CCO1.CC(C)(C)CC1CCOC1.CC(C)(C)CC1CCOCC1.CC(C)(C)CC1COC1.CC(C)(C)CC1OCCCO1.CC(C)(C)CC1OCCO1. The Labute approximate surface area is 573 Å². The van der Waals surface area contributed by atoms with Crippen molar-refractivity contribution in [3.05, 3.63) is 0 Å². The third-order valence-electron chi connectivity index (χ3n) is 16.7. The Bertz CT molecular complexity index is 1490. The number of hydrogen-bond acceptors (Lipinski definition) is 11. The molecule has 9 saturated heterocycles. The van der Waals surface area contributed by atoms with E-state index in [1.54, 1.807) is 0 Å². The Morgan fingerprint density at radius 1 is 0.196 bits per heavy atom. The van der Waals surface area contributed by atoms with Crippen LogP contribution < -0.4 is 0 Å². The average Bonchev–Trinajstić information content (AvgIpc) is 2.34. The van der Waals surface area contributed by atoms with Crippen molar-refractivity contribution in [2.45, 2.75) is 353 Å². The normalized spacial score (nSPS) is 24.9. The van der Waals surface area contributed by atoms with Gasteiger partial charge in [-0.1, -0.05) is 187 Å². The zero-order valence-corrected chi connectivity index (χ0v) is 66.6. The van der Waals surface area contributed by atoms with Crippen LogP contribution in [0.25, 0.3) is 0 Å². The van der Waals surface area contributed by atoms with Crippen LogP contribution in [0.2, 0.25) is 0 Å². The number of hydrogen-bond donors (Lipinski definition) is 0. The molecule has 11 nitrogen and oxygen atoms in total. The first-order chi connectivity index (χ1) is 42.2. The van der Waals surface area contributed by atoms with Crippen molar-refractivity contribution >= 4 is 0 Å². The van der Waals surface area contributed by atoms with Crippen LogP contribution in [0.15, 0.2) is 0 Å². The molecule has 0 aromatic heterocycles. The van der Waals surface area contributed by atoms with Crippen molar-refractivity contribution in [1.29, 1.82) is 0 Å². The van der Waals surface area contributed by atoms with E-state index < -0.39 is 0 Å². The van der Waals surface area contributed by atoms with Gasteiger partial charge in [0.15, 0.2) is 12.6 Å². The Morgan fingerprint density at radius 2 is 0.489 bits per heavy atom. The van der Waals surface area contributed by atoms with E-state index in [-0.39, 0.29) is 12.6 Å². The van der Waals surface area contributed by atoms with E-state index in [0.29, 0.717) is 67.0 Å². The fourth-order valence-corrected chi connectivity index (χ4v) is 13.0. The molecule has 9 rings (SSSR count). The summed E-state index contributed by atoms with van der Waals surface area (Å²) in [6, 6.07) is 0. The number of ether oxygens (including phenoxy) is 11. The van der Waals surface area contributed by atoms with Gasteiger partial charge < -0.3 is 52.1 Å². The van der Waals surface area contributed by atoms with Gasteiger partial charge >= 0.3 is 0 Å². The van der Waals surface area contributed by atoms with E-state index in [4.69, 9.17) is 52.1 Å². The van der Waals surface area contributed by atoms with Gasteiger partial charge in [-0.3, -0.25) is 0 Å². The highest BCUT2D eigenvalue weighted by molar-refractivity contribution is 4.78. The molecule has 0 radical (unpaired) electrons. The van der Waals surface area contributed by atoms with Crippen LogP contribution in [0.1, 0.15) is 322 Å². The minimum Gasteiger partial charge on any atom is -0.381 e. The molecule has 5 atom stereocenters. The van der Waals surface area contributed by atoms with E-state index in [1.807, 2.05) is 0 Å². The largest absolute Gasteiger partial charge is 0.381 e. The van der Waals surface area contributed by atoms with E-state index in [1.165, 1.54) is 116 Å². The molecule has 0 aliphatic carbocycles. The monoisotopic (exact) mass is 1310 g/mol. The third kappa shape index (κ3) is 58.5. The zero-order valence-electron chi connectivity index (χ0n) is 66.6. The topological polar surface area (TPSA) is 102 Å². The van der Waals surface area contributed by atoms with Crippen LogP contribution in [0.3, 0.4) is 0 Å². The minimum atomic E-state index is 0.0451. The van der Waals surface area contributed by atoms with Gasteiger partial charge in [-0.2, -0.15) is 0 Å². The molecule has 0 aromatic rings. The van der Waals surface area contributed by atoms with Gasteiger partial charge in [-0.25, -0.2) is 0 Å². The molecular formula is C81H162O11. The van der Waals surface area contributed by atoms with Crippen molar-refractivity contribution in [2.24, 2.45) is 72.4 Å². The maximum absolute atomic E-state index is 5.65. The highest BCUT2D eigenvalue weighted by atomic mass is 16.7. The van der Waals surface area contributed by atoms with Crippen molar-refractivity contribution in [3.8, 4) is 0 Å². The first-order valence-corrected chi connectivity index (χ1v) is 37.8. The standard InChI is InChI=1S/3C10H20O.C9H18O2.2C9H18O.C8H16O2.2C8H16O/c1-10(2,3)8-9-4-6-11-7-5-9;1-10(2,3)7-9-5-4-6-11-8-9;1-10(2,3)8-9-6-4-5-7-11-9;1-9(2,3)7-8-10-5-4-6-11-8;1-9(2,3)6-8-4-5-10-7-8;1-9(2,3)7-8-5-4-6-10-8;1-8(2,3)6-7-9-4-5-10-7;1-8(2,3)4-7-5-9-6-7;1-8(2,3)6-7-4-5-9-7/h3*9H,4-8H2,1-3H3;8H,4-7H2,1-3H3;2*8H,4-7H2,1-3H3;7H,4-6H2,1-3H3;2*7H,4-6H2,1-3H3. The molecule has 0 saturated carbocycles. The molecule has 92 heavy (non-hydrogen) atoms. The van der Waals surface area contributed by atoms with Crippen LogP contribution >= 0.6 is 0 Å². The zero-order chi connectivity index (χ0) is 69.9. The second-order valence-corrected chi connectivity index (χ2v) is 39.8. The van der Waals surface area contributed by atoms with Crippen molar-refractivity contribution in [3.63, 3.8) is 0 Å². The lowest BCUT2D eigenvalue weighted by Crippen LogP contribution is -2.31. The molecule has 0 N–H and O–H groups in total. The quantitative estimate of drug-likeness (QED) is 0.221. The lowest BCUT2D eigenvalue weighted by Gasteiger charge is -2.32. The van der Waals surface area contributed by atoms with E-state index in [9.17, 15) is 0 Å². The molecule has 552 valence electrons. The summed E-state index contributed by atoms with van der Waals surface area (Å²) in [5.74, 6) is 3.43. The van der Waals surface area contributed by atoms with Gasteiger partial charge in [0.05, 0.1) is 58.0 Å². The Balaban J connectivity index is 0.000000518. The average molecular weight is 1310 g/mol.